The quantitative estimate of drug-likeness (QED) is 0.749. The van der Waals surface area contributed by atoms with Crippen molar-refractivity contribution in [2.24, 2.45) is 11.8 Å². The number of carbonyl (C=O) groups is 1. The highest BCUT2D eigenvalue weighted by Gasteiger charge is 2.21. The van der Waals surface area contributed by atoms with E-state index in [4.69, 9.17) is 0 Å². The van der Waals surface area contributed by atoms with Crippen LogP contribution in [0.25, 0.3) is 0 Å². The van der Waals surface area contributed by atoms with Crippen LogP contribution in [0.2, 0.25) is 0 Å². The molecule has 1 fully saturated rings. The Morgan fingerprint density at radius 3 is 1.93 bits per heavy atom. The summed E-state index contributed by atoms with van der Waals surface area (Å²) in [5.41, 5.74) is 4.75. The number of amides is 1. The molecule has 3 rings (SSSR count). The van der Waals surface area contributed by atoms with E-state index in [1.54, 1.807) is 0 Å². The molecule has 2 N–H and O–H groups in total. The zero-order valence-electron chi connectivity index (χ0n) is 17.4. The highest BCUT2D eigenvalue weighted by molar-refractivity contribution is 5.88. The molecule has 0 unspecified atom stereocenters. The van der Waals surface area contributed by atoms with E-state index in [9.17, 15) is 4.79 Å². The summed E-state index contributed by atoms with van der Waals surface area (Å²) in [6.45, 7) is 11.4. The Kier molecular flexibility index (Phi) is 7.24. The molecule has 0 spiro atoms. The van der Waals surface area contributed by atoms with Gasteiger partial charge in [-0.15, -0.1) is 0 Å². The third-order valence-corrected chi connectivity index (χ3v) is 5.31. The second-order valence-corrected chi connectivity index (χ2v) is 8.44. The molecule has 1 heterocycles. The average Bonchev–Trinajstić information content (AvgIpc) is 2.63. The molecule has 28 heavy (non-hydrogen) atoms. The van der Waals surface area contributed by atoms with Crippen molar-refractivity contribution in [1.82, 2.24) is 10.2 Å². The van der Waals surface area contributed by atoms with Gasteiger partial charge in [0.05, 0.1) is 0 Å². The van der Waals surface area contributed by atoms with Crippen LogP contribution in [0.5, 0.6) is 0 Å². The molecular weight excluding hydrogens is 346 g/mol. The number of hydrogen-bond donors (Lipinski definition) is 2. The molecule has 4 nitrogen and oxygen atoms in total. The molecule has 0 bridgehead atoms. The number of nitrogens with one attached hydrogen (secondary N) is 2. The Bertz CT molecular complexity index is 744. The van der Waals surface area contributed by atoms with Crippen LogP contribution in [-0.4, -0.2) is 23.9 Å². The topological polar surface area (TPSA) is 44.4 Å². The largest absolute Gasteiger partial charge is 0.326 e. The normalized spacial score (nSPS) is 20.1. The third kappa shape index (κ3) is 6.47. The van der Waals surface area contributed by atoms with Gasteiger partial charge in [0, 0.05) is 45.3 Å². The first-order chi connectivity index (χ1) is 13.5. The van der Waals surface area contributed by atoms with E-state index in [0.29, 0.717) is 0 Å². The summed E-state index contributed by atoms with van der Waals surface area (Å²) in [6, 6.07) is 17.0. The van der Waals surface area contributed by atoms with Crippen LogP contribution in [0.15, 0.2) is 48.5 Å². The number of hydrogen-bond acceptors (Lipinski definition) is 3. The number of benzene rings is 2. The van der Waals surface area contributed by atoms with Crippen molar-refractivity contribution in [1.29, 1.82) is 0 Å². The summed E-state index contributed by atoms with van der Waals surface area (Å²) in [5, 5.41) is 6.28. The number of likely N-dealkylation sites (tertiary alicyclic amines) is 1. The van der Waals surface area contributed by atoms with Gasteiger partial charge in [0.25, 0.3) is 0 Å². The maximum atomic E-state index is 11.1. The molecule has 2 aromatic rings. The smallest absolute Gasteiger partial charge is 0.221 e. The monoisotopic (exact) mass is 379 g/mol. The van der Waals surface area contributed by atoms with Crippen molar-refractivity contribution >= 4 is 11.6 Å². The summed E-state index contributed by atoms with van der Waals surface area (Å²) >= 11 is 0. The second kappa shape index (κ2) is 9.85. The number of rotatable bonds is 7. The van der Waals surface area contributed by atoms with Gasteiger partial charge in [-0.3, -0.25) is 9.69 Å². The van der Waals surface area contributed by atoms with Crippen LogP contribution < -0.4 is 10.6 Å². The number of anilines is 1. The molecule has 2 aromatic carbocycles. The number of nitrogens with zero attached hydrogens (tertiary/aromatic N) is 1. The number of piperidine rings is 1. The predicted octanol–water partition coefficient (Wildman–Crippen LogP) is 4.41. The SMILES string of the molecule is CC(=O)Nc1ccc(CNCc2ccc(CN3C[C@@H](C)C[C@H](C)C3)cc2)cc1. The molecule has 1 aliphatic heterocycles. The summed E-state index contributed by atoms with van der Waals surface area (Å²) in [7, 11) is 0. The van der Waals surface area contributed by atoms with Gasteiger partial charge < -0.3 is 10.6 Å². The minimum atomic E-state index is -0.0429. The summed E-state index contributed by atoms with van der Waals surface area (Å²) in [5.74, 6) is 1.57. The van der Waals surface area contributed by atoms with E-state index < -0.39 is 0 Å². The molecule has 150 valence electrons. The Morgan fingerprint density at radius 2 is 1.39 bits per heavy atom. The lowest BCUT2D eigenvalue weighted by molar-refractivity contribution is -0.114. The van der Waals surface area contributed by atoms with E-state index in [2.05, 4.69) is 53.6 Å². The first-order valence-electron chi connectivity index (χ1n) is 10.4. The van der Waals surface area contributed by atoms with Gasteiger partial charge in [-0.1, -0.05) is 50.2 Å². The molecule has 0 aromatic heterocycles. The fraction of sp³-hybridized carbons (Fsp3) is 0.458. The van der Waals surface area contributed by atoms with E-state index in [1.807, 2.05) is 24.3 Å². The highest BCUT2D eigenvalue weighted by Crippen LogP contribution is 2.22. The van der Waals surface area contributed by atoms with E-state index in [-0.39, 0.29) is 5.91 Å². The number of carbonyl (C=O) groups excluding carboxylic acids is 1. The van der Waals surface area contributed by atoms with Gasteiger partial charge in [0.15, 0.2) is 0 Å². The highest BCUT2D eigenvalue weighted by atomic mass is 16.1. The van der Waals surface area contributed by atoms with Gasteiger partial charge in [-0.05, 0) is 47.1 Å². The standard InChI is InChI=1S/C24H33N3O/c1-18-12-19(2)16-27(15-18)17-23-6-4-21(5-7-23)13-25-14-22-8-10-24(11-9-22)26-20(3)28/h4-11,18-19,25H,12-17H2,1-3H3,(H,26,28)/t18-,19-/m0/s1. The van der Waals surface area contributed by atoms with Gasteiger partial charge in [0.1, 0.15) is 0 Å². The summed E-state index contributed by atoms with van der Waals surface area (Å²) in [4.78, 5) is 13.7. The van der Waals surface area contributed by atoms with E-state index in [1.165, 1.54) is 43.1 Å². The minimum Gasteiger partial charge on any atom is -0.326 e. The zero-order chi connectivity index (χ0) is 19.9. The predicted molar refractivity (Wildman–Crippen MR) is 116 cm³/mol. The van der Waals surface area contributed by atoms with Gasteiger partial charge in [0.2, 0.25) is 5.91 Å². The Labute approximate surface area is 169 Å². The van der Waals surface area contributed by atoms with Crippen LogP contribution in [-0.2, 0) is 24.4 Å². The van der Waals surface area contributed by atoms with Crippen molar-refractivity contribution in [3.8, 4) is 0 Å². The first-order valence-corrected chi connectivity index (χ1v) is 10.4. The fourth-order valence-corrected chi connectivity index (χ4v) is 4.20. The van der Waals surface area contributed by atoms with Gasteiger partial charge >= 0.3 is 0 Å². The van der Waals surface area contributed by atoms with Gasteiger partial charge in [-0.25, -0.2) is 0 Å². The van der Waals surface area contributed by atoms with E-state index >= 15 is 0 Å². The van der Waals surface area contributed by atoms with Crippen LogP contribution in [0.4, 0.5) is 5.69 Å². The summed E-state index contributed by atoms with van der Waals surface area (Å²) in [6.07, 6.45) is 1.36. The van der Waals surface area contributed by atoms with E-state index in [0.717, 1.165) is 37.2 Å². The maximum Gasteiger partial charge on any atom is 0.221 e. The van der Waals surface area contributed by atoms with Crippen LogP contribution >= 0.6 is 0 Å². The molecule has 1 aliphatic rings. The average molecular weight is 380 g/mol. The molecule has 0 radical (unpaired) electrons. The molecule has 4 heteroatoms. The van der Waals surface area contributed by atoms with Crippen molar-refractivity contribution < 1.29 is 4.79 Å². The Balaban J connectivity index is 1.43. The lowest BCUT2D eigenvalue weighted by Crippen LogP contribution is -2.38. The maximum absolute atomic E-state index is 11.1. The van der Waals surface area contributed by atoms with Crippen molar-refractivity contribution in [3.63, 3.8) is 0 Å². The Hall–Kier alpha value is -2.17. The third-order valence-electron chi connectivity index (χ3n) is 5.31. The fourth-order valence-electron chi connectivity index (χ4n) is 4.20. The van der Waals surface area contributed by atoms with Crippen molar-refractivity contribution in [2.45, 2.75) is 46.8 Å². The lowest BCUT2D eigenvalue weighted by Gasteiger charge is -2.35. The molecule has 0 saturated carbocycles. The molecule has 0 aliphatic carbocycles. The molecule has 2 atom stereocenters. The first kappa shape index (κ1) is 20.6. The van der Waals surface area contributed by atoms with Crippen LogP contribution in [0.1, 0.15) is 43.9 Å². The zero-order valence-corrected chi connectivity index (χ0v) is 17.4. The second-order valence-electron chi connectivity index (χ2n) is 8.44. The molecular formula is C24H33N3O. The van der Waals surface area contributed by atoms with Crippen LogP contribution in [0, 0.1) is 11.8 Å². The van der Waals surface area contributed by atoms with Crippen molar-refractivity contribution in [2.75, 3.05) is 18.4 Å². The van der Waals surface area contributed by atoms with Gasteiger partial charge in [-0.2, -0.15) is 0 Å². The minimum absolute atomic E-state index is 0.0429. The lowest BCUT2D eigenvalue weighted by atomic mass is 9.91. The van der Waals surface area contributed by atoms with Crippen LogP contribution in [0.3, 0.4) is 0 Å². The Morgan fingerprint density at radius 1 is 0.893 bits per heavy atom. The van der Waals surface area contributed by atoms with Crippen molar-refractivity contribution in [3.05, 3.63) is 65.2 Å². The molecule has 1 saturated heterocycles. The molecule has 1 amide bonds. The summed E-state index contributed by atoms with van der Waals surface area (Å²) < 4.78 is 0.